The summed E-state index contributed by atoms with van der Waals surface area (Å²) in [5.74, 6) is 1.04. The van der Waals surface area contributed by atoms with E-state index in [4.69, 9.17) is 11.6 Å². The summed E-state index contributed by atoms with van der Waals surface area (Å²) in [5.41, 5.74) is 3.27. The van der Waals surface area contributed by atoms with E-state index in [1.165, 1.54) is 6.92 Å². The zero-order chi connectivity index (χ0) is 20.9. The first-order valence-corrected chi connectivity index (χ1v) is 9.85. The third-order valence-electron chi connectivity index (χ3n) is 4.45. The molecule has 0 aliphatic carbocycles. The maximum Gasteiger partial charge on any atom is 0.229 e. The minimum Gasteiger partial charge on any atom is -0.365 e. The van der Waals surface area contributed by atoms with E-state index in [0.29, 0.717) is 29.0 Å². The number of para-hydroxylation sites is 1. The smallest absolute Gasteiger partial charge is 0.229 e. The molecule has 7 heteroatoms. The first kappa shape index (κ1) is 19.7. The molecule has 6 nitrogen and oxygen atoms in total. The van der Waals surface area contributed by atoms with Crippen LogP contribution in [0.5, 0.6) is 0 Å². The number of hydrogen-bond donors (Lipinski definition) is 3. The van der Waals surface area contributed by atoms with Crippen molar-refractivity contribution in [3.8, 4) is 0 Å². The van der Waals surface area contributed by atoms with E-state index >= 15 is 0 Å². The predicted molar refractivity (Wildman–Crippen MR) is 122 cm³/mol. The molecule has 150 valence electrons. The van der Waals surface area contributed by atoms with E-state index in [0.717, 1.165) is 22.2 Å². The van der Waals surface area contributed by atoms with Crippen LogP contribution in [0.2, 0.25) is 5.02 Å². The zero-order valence-electron chi connectivity index (χ0n) is 16.3. The fourth-order valence-electron chi connectivity index (χ4n) is 3.10. The number of nitrogens with zero attached hydrogens (tertiary/aromatic N) is 2. The lowest BCUT2D eigenvalue weighted by atomic mass is 10.2. The van der Waals surface area contributed by atoms with Gasteiger partial charge in [0.2, 0.25) is 11.9 Å². The van der Waals surface area contributed by atoms with Crippen LogP contribution in [0.1, 0.15) is 12.5 Å². The van der Waals surface area contributed by atoms with Gasteiger partial charge in [0, 0.05) is 35.3 Å². The molecule has 0 bridgehead atoms. The Bertz CT molecular complexity index is 1210. The Morgan fingerprint density at radius 1 is 0.933 bits per heavy atom. The number of amides is 1. The second kappa shape index (κ2) is 8.80. The van der Waals surface area contributed by atoms with Crippen LogP contribution in [0, 0.1) is 0 Å². The van der Waals surface area contributed by atoms with Gasteiger partial charge in [-0.3, -0.25) is 4.79 Å². The van der Waals surface area contributed by atoms with Crippen LogP contribution in [0.3, 0.4) is 0 Å². The SMILES string of the molecule is CC(=O)Nc1cccc(Nc2nc(NCc3ccccc3Cl)c3ccccc3n2)c1. The second-order valence-corrected chi connectivity index (χ2v) is 7.15. The molecule has 0 unspecified atom stereocenters. The summed E-state index contributed by atoms with van der Waals surface area (Å²) in [7, 11) is 0. The van der Waals surface area contributed by atoms with Gasteiger partial charge in [0.15, 0.2) is 0 Å². The highest BCUT2D eigenvalue weighted by molar-refractivity contribution is 6.31. The number of benzene rings is 3. The van der Waals surface area contributed by atoms with Crippen LogP contribution in [-0.4, -0.2) is 15.9 Å². The number of rotatable bonds is 6. The van der Waals surface area contributed by atoms with Crippen molar-refractivity contribution >= 4 is 51.6 Å². The summed E-state index contributed by atoms with van der Waals surface area (Å²) in [6.07, 6.45) is 0. The van der Waals surface area contributed by atoms with Gasteiger partial charge in [0.1, 0.15) is 5.82 Å². The zero-order valence-corrected chi connectivity index (χ0v) is 17.1. The molecule has 0 spiro atoms. The molecule has 0 saturated carbocycles. The standard InChI is InChI=1S/C23H20ClN5O/c1-15(30)26-17-8-6-9-18(13-17)27-23-28-21-12-5-3-10-19(21)22(29-23)25-14-16-7-2-4-11-20(16)24/h2-13H,14H2,1H3,(H,26,30)(H2,25,27,28,29). The number of carbonyl (C=O) groups excluding carboxylic acids is 1. The van der Waals surface area contributed by atoms with Gasteiger partial charge < -0.3 is 16.0 Å². The molecule has 0 saturated heterocycles. The van der Waals surface area contributed by atoms with Crippen LogP contribution < -0.4 is 16.0 Å². The lowest BCUT2D eigenvalue weighted by molar-refractivity contribution is -0.114. The minimum absolute atomic E-state index is 0.125. The highest BCUT2D eigenvalue weighted by Crippen LogP contribution is 2.26. The Morgan fingerprint density at radius 3 is 2.53 bits per heavy atom. The van der Waals surface area contributed by atoms with Crippen LogP contribution in [0.25, 0.3) is 10.9 Å². The van der Waals surface area contributed by atoms with Gasteiger partial charge in [0.25, 0.3) is 0 Å². The monoisotopic (exact) mass is 417 g/mol. The highest BCUT2D eigenvalue weighted by atomic mass is 35.5. The summed E-state index contributed by atoms with van der Waals surface area (Å²) in [5, 5.41) is 11.0. The molecule has 3 N–H and O–H groups in total. The lowest BCUT2D eigenvalue weighted by Gasteiger charge is -2.13. The number of hydrogen-bond acceptors (Lipinski definition) is 5. The average molecular weight is 418 g/mol. The summed E-state index contributed by atoms with van der Waals surface area (Å²) in [6.45, 7) is 2.02. The predicted octanol–water partition coefficient (Wildman–Crippen LogP) is 5.60. The second-order valence-electron chi connectivity index (χ2n) is 6.74. The van der Waals surface area contributed by atoms with Gasteiger partial charge in [-0.25, -0.2) is 4.98 Å². The molecule has 0 fully saturated rings. The molecule has 0 atom stereocenters. The molecule has 4 rings (SSSR count). The Hall–Kier alpha value is -3.64. The van der Waals surface area contributed by atoms with E-state index in [1.54, 1.807) is 0 Å². The minimum atomic E-state index is -0.125. The quantitative estimate of drug-likeness (QED) is 0.380. The van der Waals surface area contributed by atoms with E-state index in [1.807, 2.05) is 72.8 Å². The van der Waals surface area contributed by atoms with Crippen LogP contribution >= 0.6 is 11.6 Å². The van der Waals surface area contributed by atoms with Crippen molar-refractivity contribution < 1.29 is 4.79 Å². The van der Waals surface area contributed by atoms with Crippen LogP contribution in [-0.2, 0) is 11.3 Å². The molecule has 1 heterocycles. The Labute approximate surface area is 179 Å². The summed E-state index contributed by atoms with van der Waals surface area (Å²) < 4.78 is 0. The van der Waals surface area contributed by atoms with Crippen LogP contribution in [0.4, 0.5) is 23.1 Å². The molecule has 0 radical (unpaired) electrons. The summed E-state index contributed by atoms with van der Waals surface area (Å²) >= 11 is 6.28. The number of halogens is 1. The number of anilines is 4. The van der Waals surface area contributed by atoms with Gasteiger partial charge in [-0.15, -0.1) is 0 Å². The van der Waals surface area contributed by atoms with Crippen molar-refractivity contribution in [3.05, 3.63) is 83.4 Å². The first-order chi connectivity index (χ1) is 14.6. The molecule has 30 heavy (non-hydrogen) atoms. The Morgan fingerprint density at radius 2 is 1.70 bits per heavy atom. The van der Waals surface area contributed by atoms with Crippen molar-refractivity contribution in [2.45, 2.75) is 13.5 Å². The third kappa shape index (κ3) is 4.67. The molecule has 0 aliphatic rings. The van der Waals surface area contributed by atoms with Gasteiger partial charge in [-0.2, -0.15) is 4.98 Å². The average Bonchev–Trinajstić information content (AvgIpc) is 2.73. The number of fused-ring (bicyclic) bond motifs is 1. The molecular weight excluding hydrogens is 398 g/mol. The maximum absolute atomic E-state index is 11.3. The molecular formula is C23H20ClN5O. The molecule has 0 aliphatic heterocycles. The Kier molecular flexibility index (Phi) is 5.77. The van der Waals surface area contributed by atoms with E-state index in [9.17, 15) is 4.79 Å². The van der Waals surface area contributed by atoms with E-state index in [-0.39, 0.29) is 5.91 Å². The molecule has 3 aromatic carbocycles. The lowest BCUT2D eigenvalue weighted by Crippen LogP contribution is -2.07. The van der Waals surface area contributed by atoms with Crippen molar-refractivity contribution in [1.82, 2.24) is 9.97 Å². The first-order valence-electron chi connectivity index (χ1n) is 9.47. The third-order valence-corrected chi connectivity index (χ3v) is 4.82. The van der Waals surface area contributed by atoms with Crippen molar-refractivity contribution in [1.29, 1.82) is 0 Å². The number of aromatic nitrogens is 2. The summed E-state index contributed by atoms with van der Waals surface area (Å²) in [4.78, 5) is 20.6. The maximum atomic E-state index is 11.3. The molecule has 1 aromatic heterocycles. The van der Waals surface area contributed by atoms with Crippen LogP contribution in [0.15, 0.2) is 72.8 Å². The van der Waals surface area contributed by atoms with Gasteiger partial charge >= 0.3 is 0 Å². The molecule has 1 amide bonds. The molecule has 4 aromatic rings. The normalized spacial score (nSPS) is 10.6. The highest BCUT2D eigenvalue weighted by Gasteiger charge is 2.09. The van der Waals surface area contributed by atoms with Gasteiger partial charge in [0.05, 0.1) is 5.52 Å². The van der Waals surface area contributed by atoms with Crippen molar-refractivity contribution in [3.63, 3.8) is 0 Å². The topological polar surface area (TPSA) is 78.9 Å². The largest absolute Gasteiger partial charge is 0.365 e. The Balaban J connectivity index is 1.63. The fourth-order valence-corrected chi connectivity index (χ4v) is 3.30. The van der Waals surface area contributed by atoms with Crippen molar-refractivity contribution in [2.75, 3.05) is 16.0 Å². The summed E-state index contributed by atoms with van der Waals surface area (Å²) in [6, 6.07) is 22.9. The number of nitrogens with one attached hydrogen (secondary N) is 3. The van der Waals surface area contributed by atoms with Gasteiger partial charge in [-0.05, 0) is 42.0 Å². The van der Waals surface area contributed by atoms with E-state index < -0.39 is 0 Å². The van der Waals surface area contributed by atoms with Gasteiger partial charge in [-0.1, -0.05) is 48.0 Å². The number of carbonyl (C=O) groups is 1. The fraction of sp³-hybridized carbons (Fsp3) is 0.0870. The van der Waals surface area contributed by atoms with E-state index in [2.05, 4.69) is 25.9 Å². The van der Waals surface area contributed by atoms with Crippen molar-refractivity contribution in [2.24, 2.45) is 0 Å².